The van der Waals surface area contributed by atoms with Crippen molar-refractivity contribution in [1.29, 1.82) is 0 Å². The third-order valence-electron chi connectivity index (χ3n) is 2.45. The van der Waals surface area contributed by atoms with Gasteiger partial charge in [-0.25, -0.2) is 0 Å². The Kier molecular flexibility index (Phi) is 3.57. The normalized spacial score (nSPS) is 19.2. The molecule has 0 unspecified atom stereocenters. The maximum atomic E-state index is 3.69. The second-order valence-corrected chi connectivity index (χ2v) is 12.7. The monoisotopic (exact) mass is 313 g/mol. The van der Waals surface area contributed by atoms with Crippen molar-refractivity contribution in [3.8, 4) is 0 Å². The van der Waals surface area contributed by atoms with Gasteiger partial charge in [0.25, 0.3) is 0 Å². The Morgan fingerprint density at radius 3 is 1.92 bits per heavy atom. The second-order valence-electron chi connectivity index (χ2n) is 3.26. The van der Waals surface area contributed by atoms with Gasteiger partial charge >= 0.3 is 96.6 Å². The number of hydrogen-bond acceptors (Lipinski definition) is 0. The molecule has 2 rings (SSSR count). The Morgan fingerprint density at radius 2 is 1.62 bits per heavy atom. The van der Waals surface area contributed by atoms with Crippen molar-refractivity contribution < 1.29 is 21.8 Å². The third-order valence-corrected chi connectivity index (χ3v) is 12.1. The molecule has 0 amide bonds. The topological polar surface area (TPSA) is 0 Å². The molecule has 67 valence electrons. The minimum absolute atomic E-state index is 1.22. The van der Waals surface area contributed by atoms with E-state index in [0.717, 1.165) is 0 Å². The Hall–Kier alpha value is 0.323. The summed E-state index contributed by atoms with van der Waals surface area (Å²) in [6.45, 7) is 0. The molecule has 0 spiro atoms. The van der Waals surface area contributed by atoms with Crippen LogP contribution >= 0.6 is 15.9 Å². The molecule has 0 fully saturated rings. The van der Waals surface area contributed by atoms with Crippen molar-refractivity contribution in [3.63, 3.8) is 0 Å². The van der Waals surface area contributed by atoms with Gasteiger partial charge in [0.15, 0.2) is 0 Å². The Bertz CT molecular complexity index is 280. The number of rotatable bonds is 3. The Morgan fingerprint density at radius 1 is 1.08 bits per heavy atom. The molecule has 0 N–H and O–H groups in total. The fourth-order valence-corrected chi connectivity index (χ4v) is 11.1. The fraction of sp³-hybridized carbons (Fsp3) is 0.273. The van der Waals surface area contributed by atoms with Gasteiger partial charge in [-0.15, -0.1) is 0 Å². The SMILES string of the molecule is Br[CH2][Zr]([C]1=CC=CC1)[C]1=CC=CC1. The van der Waals surface area contributed by atoms with Crippen LogP contribution in [-0.2, 0) is 21.8 Å². The zero-order valence-corrected chi connectivity index (χ0v) is 11.5. The van der Waals surface area contributed by atoms with E-state index in [4.69, 9.17) is 0 Å². The van der Waals surface area contributed by atoms with Crippen molar-refractivity contribution in [2.45, 2.75) is 12.8 Å². The van der Waals surface area contributed by atoms with Crippen LogP contribution in [-0.4, -0.2) is 3.04 Å². The van der Waals surface area contributed by atoms with Gasteiger partial charge in [-0.3, -0.25) is 0 Å². The first-order valence-electron chi connectivity index (χ1n) is 4.56. The van der Waals surface area contributed by atoms with Crippen molar-refractivity contribution in [3.05, 3.63) is 43.0 Å². The van der Waals surface area contributed by atoms with E-state index in [9.17, 15) is 0 Å². The zero-order valence-electron chi connectivity index (χ0n) is 7.46. The molecule has 0 nitrogen and oxygen atoms in total. The van der Waals surface area contributed by atoms with Gasteiger partial charge in [-0.2, -0.15) is 0 Å². The maximum absolute atomic E-state index is 3.69. The molecule has 0 aromatic carbocycles. The molecule has 0 bridgehead atoms. The van der Waals surface area contributed by atoms with Crippen molar-refractivity contribution in [1.82, 2.24) is 0 Å². The summed E-state index contributed by atoms with van der Waals surface area (Å²) >= 11 is 2.29. The zero-order chi connectivity index (χ0) is 9.10. The van der Waals surface area contributed by atoms with Crippen LogP contribution in [0.5, 0.6) is 0 Å². The summed E-state index contributed by atoms with van der Waals surface area (Å²) < 4.78 is 4.74. The van der Waals surface area contributed by atoms with Crippen LogP contribution in [0.3, 0.4) is 0 Å². The minimum atomic E-state index is -1.39. The van der Waals surface area contributed by atoms with Gasteiger partial charge in [0.2, 0.25) is 0 Å². The molecule has 2 heteroatoms. The van der Waals surface area contributed by atoms with E-state index in [2.05, 4.69) is 52.4 Å². The summed E-state index contributed by atoms with van der Waals surface area (Å²) in [6, 6.07) is 0. The average molecular weight is 315 g/mol. The Labute approximate surface area is 95.9 Å². The first-order valence-corrected chi connectivity index (χ1v) is 9.87. The first-order chi connectivity index (χ1) is 6.42. The van der Waals surface area contributed by atoms with E-state index in [-0.39, 0.29) is 0 Å². The van der Waals surface area contributed by atoms with Crippen LogP contribution in [0.2, 0.25) is 0 Å². The van der Waals surface area contributed by atoms with Crippen LogP contribution < -0.4 is 0 Å². The van der Waals surface area contributed by atoms with Crippen LogP contribution in [0.25, 0.3) is 0 Å². The van der Waals surface area contributed by atoms with Gasteiger partial charge in [-0.05, 0) is 0 Å². The van der Waals surface area contributed by atoms with E-state index in [0.29, 0.717) is 0 Å². The number of hydrogen-bond donors (Lipinski definition) is 0. The molecule has 0 radical (unpaired) electrons. The number of allylic oxidation sites excluding steroid dienone is 8. The van der Waals surface area contributed by atoms with Gasteiger partial charge in [-0.1, -0.05) is 0 Å². The second kappa shape index (κ2) is 4.71. The summed E-state index contributed by atoms with van der Waals surface area (Å²) in [5.41, 5.74) is 0. The number of alkyl halides is 1. The summed E-state index contributed by atoms with van der Waals surface area (Å²) in [4.78, 5) is 0. The summed E-state index contributed by atoms with van der Waals surface area (Å²) in [5.74, 6) is 0. The first kappa shape index (κ1) is 9.86. The molecule has 0 saturated carbocycles. The molecule has 0 aromatic heterocycles. The van der Waals surface area contributed by atoms with Crippen LogP contribution in [0.1, 0.15) is 12.8 Å². The van der Waals surface area contributed by atoms with Gasteiger partial charge in [0.1, 0.15) is 0 Å². The van der Waals surface area contributed by atoms with Crippen molar-refractivity contribution in [2.24, 2.45) is 0 Å². The molecular formula is C11H12BrZr. The summed E-state index contributed by atoms with van der Waals surface area (Å²) in [5, 5.41) is 0. The molecule has 0 aromatic rings. The summed E-state index contributed by atoms with van der Waals surface area (Å²) in [6.07, 6.45) is 16.1. The van der Waals surface area contributed by atoms with Crippen LogP contribution in [0.15, 0.2) is 43.0 Å². The van der Waals surface area contributed by atoms with E-state index < -0.39 is 21.8 Å². The number of halogens is 1. The fourth-order valence-electron chi connectivity index (χ4n) is 1.72. The third kappa shape index (κ3) is 2.22. The van der Waals surface area contributed by atoms with Gasteiger partial charge < -0.3 is 0 Å². The molecule has 0 aliphatic heterocycles. The van der Waals surface area contributed by atoms with Crippen molar-refractivity contribution in [2.75, 3.05) is 3.04 Å². The average Bonchev–Trinajstić information content (AvgIpc) is 2.76. The van der Waals surface area contributed by atoms with Crippen LogP contribution in [0.4, 0.5) is 0 Å². The quantitative estimate of drug-likeness (QED) is 0.698. The summed E-state index contributed by atoms with van der Waals surface area (Å²) in [7, 11) is 0. The molecule has 2 aliphatic rings. The molecule has 0 atom stereocenters. The van der Waals surface area contributed by atoms with E-state index in [1.165, 1.54) is 15.9 Å². The molecule has 13 heavy (non-hydrogen) atoms. The standard InChI is InChI=1S/2C5H5.CH2Br.Zr/c2*1-2-4-5-3-1;1-2;/h2*1-3H,4H2;1H2;. The molecule has 2 aliphatic carbocycles. The predicted octanol–water partition coefficient (Wildman–Crippen LogP) is 3.64. The molecule has 0 saturated heterocycles. The van der Waals surface area contributed by atoms with Gasteiger partial charge in [0.05, 0.1) is 0 Å². The van der Waals surface area contributed by atoms with Crippen LogP contribution in [0, 0.1) is 0 Å². The van der Waals surface area contributed by atoms with E-state index in [1.54, 1.807) is 6.56 Å². The molecular weight excluding hydrogens is 303 g/mol. The Balaban J connectivity index is 2.09. The van der Waals surface area contributed by atoms with E-state index >= 15 is 0 Å². The van der Waals surface area contributed by atoms with E-state index in [1.807, 2.05) is 0 Å². The van der Waals surface area contributed by atoms with Gasteiger partial charge in [0, 0.05) is 0 Å². The molecule has 0 heterocycles. The predicted molar refractivity (Wildman–Crippen MR) is 57.5 cm³/mol. The van der Waals surface area contributed by atoms with Crippen molar-refractivity contribution >= 4 is 15.9 Å².